The third kappa shape index (κ3) is 6.87. The second-order valence-electron chi connectivity index (χ2n) is 6.91. The molecule has 0 amide bonds. The lowest BCUT2D eigenvalue weighted by atomic mass is 10.1. The minimum Gasteiger partial charge on any atom is -0.497 e. The second-order valence-corrected chi connectivity index (χ2v) is 7.31. The topological polar surface area (TPSA) is 52.1 Å². The van der Waals surface area contributed by atoms with Crippen LogP contribution in [0.1, 0.15) is 19.4 Å². The Kier molecular flexibility index (Phi) is 9.18. The van der Waals surface area contributed by atoms with Gasteiger partial charge in [-0.05, 0) is 37.6 Å². The average Bonchev–Trinajstić information content (AvgIpc) is 2.71. The molecule has 0 spiro atoms. The molecule has 1 saturated heterocycles. The summed E-state index contributed by atoms with van der Waals surface area (Å²) in [5.41, 5.74) is 1.10. The number of hydrogen-bond donors (Lipinski definition) is 2. The molecule has 2 N–H and O–H groups in total. The summed E-state index contributed by atoms with van der Waals surface area (Å²) in [5, 5.41) is 7.55. The molecule has 1 unspecified atom stereocenters. The van der Waals surface area contributed by atoms with Crippen LogP contribution in [-0.4, -0.2) is 81.8 Å². The van der Waals surface area contributed by atoms with Crippen LogP contribution < -0.4 is 15.4 Å². The van der Waals surface area contributed by atoms with Crippen LogP contribution in [0.2, 0.25) is 5.02 Å². The molecule has 6 nitrogen and oxygen atoms in total. The summed E-state index contributed by atoms with van der Waals surface area (Å²) < 4.78 is 5.19. The van der Waals surface area contributed by atoms with E-state index >= 15 is 0 Å². The molecule has 152 valence electrons. The van der Waals surface area contributed by atoms with Crippen LogP contribution in [-0.2, 0) is 6.42 Å². The van der Waals surface area contributed by atoms with Gasteiger partial charge in [-0.15, -0.1) is 0 Å². The van der Waals surface area contributed by atoms with Gasteiger partial charge in [-0.3, -0.25) is 9.89 Å². The Bertz CT molecular complexity index is 602. The van der Waals surface area contributed by atoms with Crippen molar-refractivity contribution in [2.75, 3.05) is 60.0 Å². The zero-order valence-electron chi connectivity index (χ0n) is 17.1. The maximum Gasteiger partial charge on any atom is 0.191 e. The third-order valence-electron chi connectivity index (χ3n) is 5.21. The van der Waals surface area contributed by atoms with Crippen molar-refractivity contribution >= 4 is 17.6 Å². The molecule has 1 heterocycles. The maximum absolute atomic E-state index is 6.30. The van der Waals surface area contributed by atoms with Crippen molar-refractivity contribution in [3.8, 4) is 5.75 Å². The van der Waals surface area contributed by atoms with Crippen LogP contribution in [0.25, 0.3) is 0 Å². The van der Waals surface area contributed by atoms with E-state index in [2.05, 4.69) is 39.3 Å². The SMILES string of the molecule is CCN1CCN(C(C)CNC(=NC)NCCc2ccc(OC)cc2Cl)CC1. The number of rotatable bonds is 8. The van der Waals surface area contributed by atoms with Gasteiger partial charge in [-0.25, -0.2) is 0 Å². The summed E-state index contributed by atoms with van der Waals surface area (Å²) >= 11 is 6.30. The Morgan fingerprint density at radius 2 is 2.00 bits per heavy atom. The van der Waals surface area contributed by atoms with E-state index in [0.29, 0.717) is 6.04 Å². The lowest BCUT2D eigenvalue weighted by molar-refractivity contribution is 0.107. The summed E-state index contributed by atoms with van der Waals surface area (Å²) in [5.74, 6) is 1.61. The molecule has 1 atom stereocenters. The zero-order chi connectivity index (χ0) is 19.6. The van der Waals surface area contributed by atoms with Crippen LogP contribution in [0.15, 0.2) is 23.2 Å². The van der Waals surface area contributed by atoms with Gasteiger partial charge < -0.3 is 20.3 Å². The maximum atomic E-state index is 6.30. The minimum absolute atomic E-state index is 0.485. The number of nitrogens with one attached hydrogen (secondary N) is 2. The molecular weight excluding hydrogens is 362 g/mol. The molecule has 27 heavy (non-hydrogen) atoms. The monoisotopic (exact) mass is 395 g/mol. The number of aliphatic imine (C=N–C) groups is 1. The first-order valence-corrected chi connectivity index (χ1v) is 10.2. The summed E-state index contributed by atoms with van der Waals surface area (Å²) in [7, 11) is 3.45. The van der Waals surface area contributed by atoms with Crippen molar-refractivity contribution in [1.82, 2.24) is 20.4 Å². The molecule has 1 aromatic rings. The molecule has 1 aliphatic heterocycles. The second kappa shape index (κ2) is 11.4. The number of benzene rings is 1. The van der Waals surface area contributed by atoms with Crippen molar-refractivity contribution in [3.63, 3.8) is 0 Å². The molecule has 1 fully saturated rings. The first-order valence-electron chi connectivity index (χ1n) is 9.80. The number of nitrogens with zero attached hydrogens (tertiary/aromatic N) is 3. The Hall–Kier alpha value is -1.50. The van der Waals surface area contributed by atoms with Crippen LogP contribution in [0.5, 0.6) is 5.75 Å². The Morgan fingerprint density at radius 3 is 2.59 bits per heavy atom. The van der Waals surface area contributed by atoms with Gasteiger partial charge in [0.1, 0.15) is 5.75 Å². The fourth-order valence-corrected chi connectivity index (χ4v) is 3.55. The number of methoxy groups -OCH3 is 1. The molecule has 0 saturated carbocycles. The zero-order valence-corrected chi connectivity index (χ0v) is 17.9. The van der Waals surface area contributed by atoms with E-state index in [4.69, 9.17) is 16.3 Å². The molecule has 1 aromatic carbocycles. The fraction of sp³-hybridized carbons (Fsp3) is 0.650. The predicted molar refractivity (Wildman–Crippen MR) is 114 cm³/mol. The molecule has 0 aliphatic carbocycles. The molecular formula is C20H34ClN5O. The highest BCUT2D eigenvalue weighted by Gasteiger charge is 2.20. The highest BCUT2D eigenvalue weighted by atomic mass is 35.5. The minimum atomic E-state index is 0.485. The first kappa shape index (κ1) is 21.8. The standard InChI is InChI=1S/C20H34ClN5O/c1-5-25-10-12-26(13-11-25)16(2)15-24-20(22-3)23-9-8-17-6-7-18(27-4)14-19(17)21/h6-7,14,16H,5,8-13,15H2,1-4H3,(H2,22,23,24). The smallest absolute Gasteiger partial charge is 0.191 e. The van der Waals surface area contributed by atoms with Crippen molar-refractivity contribution < 1.29 is 4.74 Å². The summed E-state index contributed by atoms with van der Waals surface area (Å²) in [6.45, 7) is 11.9. The van der Waals surface area contributed by atoms with Gasteiger partial charge in [0, 0.05) is 57.4 Å². The largest absolute Gasteiger partial charge is 0.497 e. The highest BCUT2D eigenvalue weighted by molar-refractivity contribution is 6.31. The van der Waals surface area contributed by atoms with Crippen LogP contribution >= 0.6 is 11.6 Å². The summed E-state index contributed by atoms with van der Waals surface area (Å²) in [6.07, 6.45) is 0.831. The van der Waals surface area contributed by atoms with E-state index in [1.54, 1.807) is 14.2 Å². The number of hydrogen-bond acceptors (Lipinski definition) is 4. The van der Waals surface area contributed by atoms with Crippen molar-refractivity contribution in [3.05, 3.63) is 28.8 Å². The molecule has 0 radical (unpaired) electrons. The van der Waals surface area contributed by atoms with E-state index in [9.17, 15) is 0 Å². The molecule has 0 aromatic heterocycles. The van der Waals surface area contributed by atoms with Crippen molar-refractivity contribution in [2.45, 2.75) is 26.3 Å². The molecule has 2 rings (SSSR count). The van der Waals surface area contributed by atoms with E-state index < -0.39 is 0 Å². The van der Waals surface area contributed by atoms with Crippen molar-refractivity contribution in [1.29, 1.82) is 0 Å². The number of guanidine groups is 1. The normalized spacial score (nSPS) is 17.6. The molecule has 7 heteroatoms. The fourth-order valence-electron chi connectivity index (χ4n) is 3.29. The van der Waals surface area contributed by atoms with E-state index in [1.165, 1.54) is 0 Å². The first-order chi connectivity index (χ1) is 13.1. The van der Waals surface area contributed by atoms with Gasteiger partial charge in [-0.1, -0.05) is 24.6 Å². The number of likely N-dealkylation sites (N-methyl/N-ethyl adjacent to an activating group) is 1. The van der Waals surface area contributed by atoms with Gasteiger partial charge in [0.25, 0.3) is 0 Å². The summed E-state index contributed by atoms with van der Waals surface area (Å²) in [6, 6.07) is 6.29. The summed E-state index contributed by atoms with van der Waals surface area (Å²) in [4.78, 5) is 9.37. The highest BCUT2D eigenvalue weighted by Crippen LogP contribution is 2.22. The van der Waals surface area contributed by atoms with Crippen LogP contribution in [0, 0.1) is 0 Å². The average molecular weight is 396 g/mol. The Labute approximate surface area is 168 Å². The quantitative estimate of drug-likeness (QED) is 0.521. The molecule has 1 aliphatic rings. The van der Waals surface area contributed by atoms with Gasteiger partial charge in [0.2, 0.25) is 0 Å². The van der Waals surface area contributed by atoms with Gasteiger partial charge in [0.15, 0.2) is 5.96 Å². The Morgan fingerprint density at radius 1 is 1.26 bits per heavy atom. The molecule has 0 bridgehead atoms. The lowest BCUT2D eigenvalue weighted by Gasteiger charge is -2.37. The van der Waals surface area contributed by atoms with Gasteiger partial charge >= 0.3 is 0 Å². The predicted octanol–water partition coefficient (Wildman–Crippen LogP) is 2.08. The van der Waals surface area contributed by atoms with Crippen LogP contribution in [0.3, 0.4) is 0 Å². The third-order valence-corrected chi connectivity index (χ3v) is 5.56. The lowest BCUT2D eigenvalue weighted by Crippen LogP contribution is -2.53. The van der Waals surface area contributed by atoms with Gasteiger partial charge in [-0.2, -0.15) is 0 Å². The van der Waals surface area contributed by atoms with Gasteiger partial charge in [0.05, 0.1) is 7.11 Å². The van der Waals surface area contributed by atoms with E-state index in [-0.39, 0.29) is 0 Å². The number of halogens is 1. The van der Waals surface area contributed by atoms with E-state index in [1.807, 2.05) is 18.2 Å². The van der Waals surface area contributed by atoms with Crippen LogP contribution in [0.4, 0.5) is 0 Å². The Balaban J connectivity index is 1.71. The van der Waals surface area contributed by atoms with Crippen molar-refractivity contribution in [2.24, 2.45) is 4.99 Å². The number of ether oxygens (including phenoxy) is 1. The number of piperazine rings is 1. The van der Waals surface area contributed by atoms with E-state index in [0.717, 1.165) is 74.5 Å².